The van der Waals surface area contributed by atoms with Gasteiger partial charge in [-0.1, -0.05) is 0 Å². The van der Waals surface area contributed by atoms with E-state index in [2.05, 4.69) is 16.6 Å². The molecule has 0 radical (unpaired) electrons. The average molecular weight is 200 g/mol. The highest BCUT2D eigenvalue weighted by Crippen LogP contribution is 2.20. The summed E-state index contributed by atoms with van der Waals surface area (Å²) >= 11 is 0. The van der Waals surface area contributed by atoms with Crippen molar-refractivity contribution >= 4 is 5.97 Å². The molecule has 4 heteroatoms. The van der Waals surface area contributed by atoms with Crippen LogP contribution in [0, 0.1) is 5.92 Å². The fraction of sp³-hybridized carbons (Fsp3) is 0.900. The van der Waals surface area contributed by atoms with Gasteiger partial charge in [0, 0.05) is 12.6 Å². The van der Waals surface area contributed by atoms with Crippen molar-refractivity contribution in [2.75, 3.05) is 26.7 Å². The van der Waals surface area contributed by atoms with E-state index < -0.39 is 0 Å². The van der Waals surface area contributed by atoms with E-state index in [-0.39, 0.29) is 5.97 Å². The molecule has 1 rings (SSSR count). The summed E-state index contributed by atoms with van der Waals surface area (Å²) in [5.41, 5.74) is 5.63. The summed E-state index contributed by atoms with van der Waals surface area (Å²) in [5, 5.41) is 0. The van der Waals surface area contributed by atoms with Crippen LogP contribution in [-0.4, -0.2) is 43.7 Å². The van der Waals surface area contributed by atoms with Gasteiger partial charge in [0.15, 0.2) is 0 Å². The lowest BCUT2D eigenvalue weighted by atomic mass is 9.93. The van der Waals surface area contributed by atoms with Gasteiger partial charge in [0.1, 0.15) is 0 Å². The predicted molar refractivity (Wildman–Crippen MR) is 54.8 cm³/mol. The van der Waals surface area contributed by atoms with Crippen molar-refractivity contribution in [2.45, 2.75) is 25.8 Å². The molecule has 0 amide bonds. The Morgan fingerprint density at radius 1 is 1.57 bits per heavy atom. The zero-order valence-corrected chi connectivity index (χ0v) is 9.03. The van der Waals surface area contributed by atoms with Crippen LogP contribution in [0.15, 0.2) is 0 Å². The van der Waals surface area contributed by atoms with E-state index in [9.17, 15) is 4.79 Å². The van der Waals surface area contributed by atoms with Crippen molar-refractivity contribution in [1.29, 1.82) is 0 Å². The highest BCUT2D eigenvalue weighted by molar-refractivity contribution is 5.71. The van der Waals surface area contributed by atoms with Gasteiger partial charge in [-0.2, -0.15) is 0 Å². The zero-order valence-electron chi connectivity index (χ0n) is 9.03. The molecule has 0 aromatic heterocycles. The Hall–Kier alpha value is -0.610. The van der Waals surface area contributed by atoms with Gasteiger partial charge >= 0.3 is 5.97 Å². The SMILES string of the molecule is COC(=O)CN1CC(CN)CCC1C. The maximum absolute atomic E-state index is 11.1. The molecule has 0 saturated carbocycles. The van der Waals surface area contributed by atoms with E-state index in [4.69, 9.17) is 5.73 Å². The first-order valence-electron chi connectivity index (χ1n) is 5.18. The summed E-state index contributed by atoms with van der Waals surface area (Å²) in [4.78, 5) is 13.3. The van der Waals surface area contributed by atoms with Crippen molar-refractivity contribution in [2.24, 2.45) is 11.7 Å². The molecule has 1 aliphatic heterocycles. The largest absolute Gasteiger partial charge is 0.468 e. The minimum Gasteiger partial charge on any atom is -0.468 e. The van der Waals surface area contributed by atoms with E-state index in [1.807, 2.05) is 0 Å². The fourth-order valence-electron chi connectivity index (χ4n) is 1.91. The maximum Gasteiger partial charge on any atom is 0.319 e. The summed E-state index contributed by atoms with van der Waals surface area (Å²) in [6, 6.07) is 0.469. The van der Waals surface area contributed by atoms with Gasteiger partial charge in [0.05, 0.1) is 13.7 Å². The standard InChI is InChI=1S/C10H20N2O2/c1-8-3-4-9(5-11)6-12(8)7-10(13)14-2/h8-9H,3-7,11H2,1-2H3. The quantitative estimate of drug-likeness (QED) is 0.662. The third-order valence-electron chi connectivity index (χ3n) is 3.00. The van der Waals surface area contributed by atoms with E-state index in [0.29, 0.717) is 25.0 Å². The lowest BCUT2D eigenvalue weighted by molar-refractivity contribution is -0.143. The van der Waals surface area contributed by atoms with Gasteiger partial charge in [0.2, 0.25) is 0 Å². The molecule has 2 atom stereocenters. The first-order valence-corrected chi connectivity index (χ1v) is 5.18. The lowest BCUT2D eigenvalue weighted by Crippen LogP contribution is -2.46. The topological polar surface area (TPSA) is 55.6 Å². The Labute approximate surface area is 85.4 Å². The number of rotatable bonds is 3. The predicted octanol–water partition coefficient (Wildman–Crippen LogP) is 0.219. The number of nitrogens with zero attached hydrogens (tertiary/aromatic N) is 1. The van der Waals surface area contributed by atoms with Crippen LogP contribution in [0.3, 0.4) is 0 Å². The third kappa shape index (κ3) is 2.96. The molecule has 1 saturated heterocycles. The molecule has 82 valence electrons. The number of piperidine rings is 1. The Morgan fingerprint density at radius 3 is 2.86 bits per heavy atom. The van der Waals surface area contributed by atoms with Gasteiger partial charge in [-0.3, -0.25) is 9.69 Å². The molecule has 0 aliphatic carbocycles. The molecular weight excluding hydrogens is 180 g/mol. The van der Waals surface area contributed by atoms with Gasteiger partial charge in [0.25, 0.3) is 0 Å². The number of carbonyl (C=O) groups excluding carboxylic acids is 1. The van der Waals surface area contributed by atoms with Crippen molar-refractivity contribution in [3.05, 3.63) is 0 Å². The van der Waals surface area contributed by atoms with E-state index in [1.54, 1.807) is 0 Å². The summed E-state index contributed by atoms with van der Waals surface area (Å²) in [7, 11) is 1.43. The summed E-state index contributed by atoms with van der Waals surface area (Å²) in [5.74, 6) is 0.380. The smallest absolute Gasteiger partial charge is 0.319 e. The first kappa shape index (κ1) is 11.5. The molecule has 0 aromatic carbocycles. The van der Waals surface area contributed by atoms with Crippen LogP contribution in [0.1, 0.15) is 19.8 Å². The van der Waals surface area contributed by atoms with Crippen LogP contribution < -0.4 is 5.73 Å². The normalized spacial score (nSPS) is 28.8. The average Bonchev–Trinajstić information content (AvgIpc) is 2.21. The summed E-state index contributed by atoms with van der Waals surface area (Å²) in [6.07, 6.45) is 2.30. The number of esters is 1. The number of hydrogen-bond donors (Lipinski definition) is 1. The minimum absolute atomic E-state index is 0.158. The van der Waals surface area contributed by atoms with Gasteiger partial charge in [-0.15, -0.1) is 0 Å². The number of carbonyl (C=O) groups is 1. The Kier molecular flexibility index (Phi) is 4.35. The number of hydrogen-bond acceptors (Lipinski definition) is 4. The van der Waals surface area contributed by atoms with Crippen LogP contribution in [0.5, 0.6) is 0 Å². The molecule has 0 bridgehead atoms. The Morgan fingerprint density at radius 2 is 2.29 bits per heavy atom. The number of ether oxygens (including phenoxy) is 1. The van der Waals surface area contributed by atoms with Crippen LogP contribution >= 0.6 is 0 Å². The van der Waals surface area contributed by atoms with Crippen LogP contribution in [0.4, 0.5) is 0 Å². The van der Waals surface area contributed by atoms with Gasteiger partial charge < -0.3 is 10.5 Å². The van der Waals surface area contributed by atoms with E-state index >= 15 is 0 Å². The molecular formula is C10H20N2O2. The number of methoxy groups -OCH3 is 1. The van der Waals surface area contributed by atoms with Crippen LogP contribution in [-0.2, 0) is 9.53 Å². The molecule has 1 aliphatic rings. The fourth-order valence-corrected chi connectivity index (χ4v) is 1.91. The molecule has 1 heterocycles. The Bertz CT molecular complexity index is 197. The third-order valence-corrected chi connectivity index (χ3v) is 3.00. The van der Waals surface area contributed by atoms with Crippen molar-refractivity contribution in [3.63, 3.8) is 0 Å². The first-order chi connectivity index (χ1) is 6.67. The Balaban J connectivity index is 2.44. The maximum atomic E-state index is 11.1. The molecule has 0 aromatic rings. The molecule has 14 heavy (non-hydrogen) atoms. The zero-order chi connectivity index (χ0) is 10.6. The lowest BCUT2D eigenvalue weighted by Gasteiger charge is -2.36. The molecule has 2 unspecified atom stereocenters. The van der Waals surface area contributed by atoms with E-state index in [1.165, 1.54) is 13.5 Å². The van der Waals surface area contributed by atoms with Crippen molar-refractivity contribution < 1.29 is 9.53 Å². The van der Waals surface area contributed by atoms with Gasteiger partial charge in [-0.05, 0) is 32.2 Å². The van der Waals surface area contributed by atoms with E-state index in [0.717, 1.165) is 13.0 Å². The monoisotopic (exact) mass is 200 g/mol. The molecule has 0 spiro atoms. The summed E-state index contributed by atoms with van der Waals surface area (Å²) < 4.78 is 4.66. The summed E-state index contributed by atoms with van der Waals surface area (Å²) in [6.45, 7) is 4.18. The van der Waals surface area contributed by atoms with Crippen molar-refractivity contribution in [1.82, 2.24) is 4.90 Å². The minimum atomic E-state index is -0.158. The second-order valence-corrected chi connectivity index (χ2v) is 4.03. The van der Waals surface area contributed by atoms with Gasteiger partial charge in [-0.25, -0.2) is 0 Å². The molecule has 4 nitrogen and oxygen atoms in total. The van der Waals surface area contributed by atoms with Crippen LogP contribution in [0.2, 0.25) is 0 Å². The molecule has 2 N–H and O–H groups in total. The second-order valence-electron chi connectivity index (χ2n) is 4.03. The highest BCUT2D eigenvalue weighted by atomic mass is 16.5. The highest BCUT2D eigenvalue weighted by Gasteiger charge is 2.26. The number of nitrogens with two attached hydrogens (primary N) is 1. The van der Waals surface area contributed by atoms with Crippen LogP contribution in [0.25, 0.3) is 0 Å². The molecule has 1 fully saturated rings. The van der Waals surface area contributed by atoms with Crippen molar-refractivity contribution in [3.8, 4) is 0 Å². The number of likely N-dealkylation sites (tertiary alicyclic amines) is 1. The second kappa shape index (κ2) is 5.32.